The van der Waals surface area contributed by atoms with Crippen molar-refractivity contribution < 1.29 is 0 Å². The fourth-order valence-electron chi connectivity index (χ4n) is 0.515. The fourth-order valence-corrected chi connectivity index (χ4v) is 0.767. The molecule has 10 heavy (non-hydrogen) atoms. The number of rotatable bonds is 0. The third-order valence-corrected chi connectivity index (χ3v) is 1.45. The smallest absolute Gasteiger partial charge is 0.139 e. The Balaban J connectivity index is 2.89. The lowest BCUT2D eigenvalue weighted by Crippen LogP contribution is -1.73. The molecule has 0 bridgehead atoms. The van der Waals surface area contributed by atoms with Crippen molar-refractivity contribution in [2.24, 2.45) is 4.99 Å². The van der Waals surface area contributed by atoms with Crippen molar-refractivity contribution in [3.8, 4) is 0 Å². The highest BCUT2D eigenvalue weighted by Crippen LogP contribution is 2.11. The third kappa shape index (κ3) is 2.40. The van der Waals surface area contributed by atoms with Gasteiger partial charge in [-0.1, -0.05) is 23.2 Å². The fraction of sp³-hybridized carbons (Fsp3) is 0.143. The van der Waals surface area contributed by atoms with Gasteiger partial charge in [0.05, 0.1) is 0 Å². The van der Waals surface area contributed by atoms with E-state index in [4.69, 9.17) is 23.2 Å². The maximum absolute atomic E-state index is 5.70. The van der Waals surface area contributed by atoms with Gasteiger partial charge in [-0.25, -0.2) is 0 Å². The van der Waals surface area contributed by atoms with E-state index in [2.05, 4.69) is 10.9 Å². The summed E-state index contributed by atoms with van der Waals surface area (Å²) >= 11 is 11.3. The Morgan fingerprint density at radius 3 is 3.00 bits per heavy atom. The Hall–Kier alpha value is -0.490. The summed E-state index contributed by atoms with van der Waals surface area (Å²) in [4.78, 5) is 3.74. The van der Waals surface area contributed by atoms with Gasteiger partial charge in [-0.2, -0.15) is 4.99 Å². The molecule has 0 aromatic rings. The molecule has 1 aliphatic heterocycles. The number of allylic oxidation sites excluding steroid dienone is 4. The molecule has 0 unspecified atom stereocenters. The van der Waals surface area contributed by atoms with Crippen LogP contribution in [0.4, 0.5) is 0 Å². The minimum Gasteiger partial charge on any atom is -0.194 e. The van der Waals surface area contributed by atoms with E-state index >= 15 is 0 Å². The van der Waals surface area contributed by atoms with Crippen LogP contribution in [0, 0.1) is 0 Å². The second-order valence-electron chi connectivity index (χ2n) is 1.75. The van der Waals surface area contributed by atoms with Crippen molar-refractivity contribution in [2.75, 3.05) is 0 Å². The molecule has 0 spiro atoms. The van der Waals surface area contributed by atoms with E-state index in [9.17, 15) is 0 Å². The first-order valence-electron chi connectivity index (χ1n) is 2.79. The van der Waals surface area contributed by atoms with Gasteiger partial charge < -0.3 is 0 Å². The summed E-state index contributed by atoms with van der Waals surface area (Å²) < 4.78 is 0. The van der Waals surface area contributed by atoms with Crippen molar-refractivity contribution in [1.29, 1.82) is 0 Å². The quantitative estimate of drug-likeness (QED) is 0.500. The van der Waals surface area contributed by atoms with Gasteiger partial charge in [0.15, 0.2) is 0 Å². The van der Waals surface area contributed by atoms with Crippen LogP contribution in [0.3, 0.4) is 0 Å². The summed E-state index contributed by atoms with van der Waals surface area (Å²) in [6.07, 6.45) is 5.77. The molecule has 0 atom stereocenters. The molecule has 0 saturated heterocycles. The second-order valence-corrected chi connectivity index (χ2v) is 2.62. The van der Waals surface area contributed by atoms with Gasteiger partial charge in [-0.05, 0) is 24.1 Å². The van der Waals surface area contributed by atoms with Gasteiger partial charge in [0.25, 0.3) is 0 Å². The maximum atomic E-state index is 5.70. The molecule has 1 nitrogen and oxygen atoms in total. The molecular formula is C7H5Cl2N. The van der Waals surface area contributed by atoms with Crippen LogP contribution in [-0.4, -0.2) is 5.87 Å². The zero-order chi connectivity index (χ0) is 7.40. The van der Waals surface area contributed by atoms with Crippen LogP contribution in [0.25, 0.3) is 0 Å². The number of aliphatic imine (C=N–C) groups is 1. The van der Waals surface area contributed by atoms with Crippen molar-refractivity contribution in [1.82, 2.24) is 0 Å². The molecule has 0 N–H and O–H groups in total. The lowest BCUT2D eigenvalue weighted by atomic mass is 10.3. The van der Waals surface area contributed by atoms with Crippen molar-refractivity contribution in [2.45, 2.75) is 6.42 Å². The van der Waals surface area contributed by atoms with Crippen LogP contribution in [0.15, 0.2) is 33.4 Å². The second kappa shape index (κ2) is 3.62. The van der Waals surface area contributed by atoms with Crippen LogP contribution in [0.2, 0.25) is 0 Å². The number of hydrogen-bond donors (Lipinski definition) is 0. The van der Waals surface area contributed by atoms with E-state index in [0.29, 0.717) is 11.6 Å². The molecule has 0 amide bonds. The van der Waals surface area contributed by atoms with E-state index in [1.807, 2.05) is 0 Å². The number of hydrogen-bond acceptors (Lipinski definition) is 1. The van der Waals surface area contributed by atoms with Crippen LogP contribution in [-0.2, 0) is 0 Å². The first kappa shape index (κ1) is 7.62. The summed E-state index contributed by atoms with van der Waals surface area (Å²) in [5, 5.41) is 1.13. The Morgan fingerprint density at radius 1 is 1.40 bits per heavy atom. The van der Waals surface area contributed by atoms with Gasteiger partial charge in [-0.15, -0.1) is 0 Å². The molecule has 0 aliphatic carbocycles. The number of nitrogens with zero attached hydrogens (tertiary/aromatic N) is 1. The van der Waals surface area contributed by atoms with Crippen LogP contribution in [0.1, 0.15) is 6.42 Å². The molecule has 52 valence electrons. The van der Waals surface area contributed by atoms with Gasteiger partial charge in [0.2, 0.25) is 0 Å². The molecular weight excluding hydrogens is 169 g/mol. The summed E-state index contributed by atoms with van der Waals surface area (Å²) in [5.41, 5.74) is 0. The predicted octanol–water partition coefficient (Wildman–Crippen LogP) is 2.82. The summed E-state index contributed by atoms with van der Waals surface area (Å²) in [5.74, 6) is 2.64. The SMILES string of the molecule is ClC1=CC=C(Cl)N=C=CC1. The molecule has 0 aromatic carbocycles. The van der Waals surface area contributed by atoms with Crippen LogP contribution < -0.4 is 0 Å². The maximum Gasteiger partial charge on any atom is 0.139 e. The average Bonchev–Trinajstić information content (AvgIpc) is 1.90. The Morgan fingerprint density at radius 2 is 2.20 bits per heavy atom. The molecule has 0 fully saturated rings. The molecule has 0 aromatic heterocycles. The molecule has 1 rings (SSSR count). The van der Waals surface area contributed by atoms with Gasteiger partial charge in [-0.3, -0.25) is 0 Å². The molecule has 0 saturated carbocycles. The molecule has 1 aliphatic rings. The molecule has 3 heteroatoms. The lowest BCUT2D eigenvalue weighted by molar-refractivity contribution is 1.35. The largest absolute Gasteiger partial charge is 0.194 e. The zero-order valence-electron chi connectivity index (χ0n) is 5.14. The van der Waals surface area contributed by atoms with E-state index < -0.39 is 0 Å². The molecule has 1 heterocycles. The monoisotopic (exact) mass is 173 g/mol. The topological polar surface area (TPSA) is 12.4 Å². The van der Waals surface area contributed by atoms with Crippen molar-refractivity contribution >= 4 is 29.1 Å². The third-order valence-electron chi connectivity index (χ3n) is 0.961. The van der Waals surface area contributed by atoms with Crippen molar-refractivity contribution in [3.63, 3.8) is 0 Å². The van der Waals surface area contributed by atoms with Crippen LogP contribution in [0.5, 0.6) is 0 Å². The molecule has 0 radical (unpaired) electrons. The summed E-state index contributed by atoms with van der Waals surface area (Å²) in [6.45, 7) is 0. The predicted molar refractivity (Wildman–Crippen MR) is 44.5 cm³/mol. The highest BCUT2D eigenvalue weighted by molar-refractivity contribution is 6.31. The number of halogens is 2. The van der Waals surface area contributed by atoms with E-state index in [1.165, 1.54) is 0 Å². The normalized spacial score (nSPS) is 17.4. The summed E-state index contributed by atoms with van der Waals surface area (Å²) in [6, 6.07) is 0. The highest BCUT2D eigenvalue weighted by Gasteiger charge is 1.90. The Kier molecular flexibility index (Phi) is 2.76. The highest BCUT2D eigenvalue weighted by atomic mass is 35.5. The van der Waals surface area contributed by atoms with E-state index in [1.54, 1.807) is 18.2 Å². The van der Waals surface area contributed by atoms with Gasteiger partial charge >= 0.3 is 0 Å². The van der Waals surface area contributed by atoms with Crippen molar-refractivity contribution in [3.05, 3.63) is 28.4 Å². The first-order chi connectivity index (χ1) is 4.79. The average molecular weight is 174 g/mol. The minimum absolute atomic E-state index is 0.397. The Labute approximate surface area is 69.4 Å². The van der Waals surface area contributed by atoms with Gasteiger partial charge in [0, 0.05) is 11.5 Å². The zero-order valence-corrected chi connectivity index (χ0v) is 6.65. The van der Waals surface area contributed by atoms with Crippen LogP contribution >= 0.6 is 23.2 Å². The van der Waals surface area contributed by atoms with E-state index in [0.717, 1.165) is 5.03 Å². The lowest BCUT2D eigenvalue weighted by Gasteiger charge is -1.90. The summed E-state index contributed by atoms with van der Waals surface area (Å²) in [7, 11) is 0. The standard InChI is InChI=1S/C7H5Cl2N/c8-6-2-1-5-10-7(9)4-3-6/h1,3-4H,2H2. The van der Waals surface area contributed by atoms with E-state index in [-0.39, 0.29) is 0 Å². The minimum atomic E-state index is 0.397. The first-order valence-corrected chi connectivity index (χ1v) is 3.54. The van der Waals surface area contributed by atoms with Gasteiger partial charge in [0.1, 0.15) is 5.16 Å². The Bertz CT molecular complexity index is 244.